The number of thioether (sulfide) groups is 2. The van der Waals surface area contributed by atoms with Gasteiger partial charge in [-0.15, -0.1) is 0 Å². The molecule has 0 spiro atoms. The van der Waals surface area contributed by atoms with Crippen molar-refractivity contribution in [2.24, 2.45) is 5.73 Å². The Morgan fingerprint density at radius 3 is 1.89 bits per heavy atom. The summed E-state index contributed by atoms with van der Waals surface area (Å²) in [7, 11) is 0. The fourth-order valence-corrected chi connectivity index (χ4v) is 4.10. The van der Waals surface area contributed by atoms with Gasteiger partial charge >= 0.3 is 11.9 Å². The van der Waals surface area contributed by atoms with Crippen molar-refractivity contribution in [3.63, 3.8) is 0 Å². The second-order valence-electron chi connectivity index (χ2n) is 7.98. The van der Waals surface area contributed by atoms with Crippen LogP contribution in [0.25, 0.3) is 0 Å². The quantitative estimate of drug-likeness (QED) is 0.157. The maximum atomic E-state index is 13.0. The Balaban J connectivity index is 2.96. The van der Waals surface area contributed by atoms with Gasteiger partial charge in [-0.05, 0) is 42.4 Å². The summed E-state index contributed by atoms with van der Waals surface area (Å²) in [6, 6.07) is 3.84. The first-order chi connectivity index (χ1) is 17.1. The second-order valence-corrected chi connectivity index (χ2v) is 9.95. The summed E-state index contributed by atoms with van der Waals surface area (Å²) < 4.78 is 0. The molecule has 3 amide bonds. The van der Waals surface area contributed by atoms with Crippen LogP contribution in [-0.4, -0.2) is 88.1 Å². The van der Waals surface area contributed by atoms with Crippen LogP contribution in [0.5, 0.6) is 0 Å². The first kappa shape index (κ1) is 31.3. The summed E-state index contributed by atoms with van der Waals surface area (Å²) in [6.45, 7) is 0. The molecule has 0 aliphatic heterocycles. The highest BCUT2D eigenvalue weighted by Crippen LogP contribution is 2.07. The Morgan fingerprint density at radius 1 is 0.806 bits per heavy atom. The molecular formula is C23H34N4O7S2. The molecule has 0 aliphatic carbocycles. The summed E-state index contributed by atoms with van der Waals surface area (Å²) in [4.78, 5) is 61.3. The second kappa shape index (κ2) is 16.8. The summed E-state index contributed by atoms with van der Waals surface area (Å²) in [5.74, 6) is -3.76. The number of rotatable bonds is 17. The number of hydrogen-bond donors (Lipinski definition) is 6. The van der Waals surface area contributed by atoms with Crippen LogP contribution in [0.2, 0.25) is 0 Å². The summed E-state index contributed by atoms with van der Waals surface area (Å²) in [5.41, 5.74) is 6.54. The molecule has 0 saturated carbocycles. The Bertz CT molecular complexity index is 888. The molecule has 7 N–H and O–H groups in total. The zero-order valence-electron chi connectivity index (χ0n) is 20.3. The van der Waals surface area contributed by atoms with Gasteiger partial charge in [0.05, 0.1) is 12.5 Å². The van der Waals surface area contributed by atoms with Crippen molar-refractivity contribution in [3.8, 4) is 0 Å². The van der Waals surface area contributed by atoms with E-state index in [1.807, 2.05) is 12.5 Å². The number of carbonyl (C=O) groups excluding carboxylic acids is 3. The van der Waals surface area contributed by atoms with Crippen LogP contribution in [0.15, 0.2) is 30.3 Å². The van der Waals surface area contributed by atoms with Crippen molar-refractivity contribution in [1.29, 1.82) is 0 Å². The molecule has 1 rings (SSSR count). The predicted molar refractivity (Wildman–Crippen MR) is 140 cm³/mol. The number of carboxylic acid groups (broad SMARTS) is 2. The molecule has 0 saturated heterocycles. The van der Waals surface area contributed by atoms with Crippen molar-refractivity contribution in [2.75, 3.05) is 24.0 Å². The van der Waals surface area contributed by atoms with Crippen LogP contribution in [0.3, 0.4) is 0 Å². The lowest BCUT2D eigenvalue weighted by Gasteiger charge is -2.24. The van der Waals surface area contributed by atoms with E-state index in [0.29, 0.717) is 23.5 Å². The molecule has 0 heterocycles. The van der Waals surface area contributed by atoms with Gasteiger partial charge < -0.3 is 31.9 Å². The topological polar surface area (TPSA) is 188 Å². The molecule has 0 aromatic heterocycles. The Morgan fingerprint density at radius 2 is 1.33 bits per heavy atom. The lowest BCUT2D eigenvalue weighted by molar-refractivity contribution is -0.143. The Labute approximate surface area is 218 Å². The van der Waals surface area contributed by atoms with Crippen LogP contribution in [0.4, 0.5) is 0 Å². The summed E-state index contributed by atoms with van der Waals surface area (Å²) in [6.07, 6.45) is 3.52. The summed E-state index contributed by atoms with van der Waals surface area (Å²) >= 11 is 2.97. The highest BCUT2D eigenvalue weighted by molar-refractivity contribution is 7.98. The molecule has 0 aliphatic rings. The van der Waals surface area contributed by atoms with E-state index in [2.05, 4.69) is 16.0 Å². The van der Waals surface area contributed by atoms with E-state index < -0.39 is 60.2 Å². The predicted octanol–water partition coefficient (Wildman–Crippen LogP) is 0.0763. The number of nitrogens with one attached hydrogen (secondary N) is 3. The zero-order valence-corrected chi connectivity index (χ0v) is 21.9. The molecule has 4 atom stereocenters. The van der Waals surface area contributed by atoms with Gasteiger partial charge in [-0.1, -0.05) is 30.3 Å². The van der Waals surface area contributed by atoms with E-state index in [1.54, 1.807) is 30.3 Å². The van der Waals surface area contributed by atoms with Crippen molar-refractivity contribution in [1.82, 2.24) is 16.0 Å². The number of nitrogens with two attached hydrogens (primary N) is 1. The first-order valence-corrected chi connectivity index (χ1v) is 14.0. The molecule has 1 aromatic rings. The molecule has 13 heteroatoms. The number of amides is 3. The molecule has 200 valence electrons. The molecular weight excluding hydrogens is 508 g/mol. The standard InChI is InChI=1S/C23H34N4O7S2/c1-35-10-8-15(24)20(30)25-16(9-11-36-2)21(31)26-17(13-19(28)29)22(32)27-18(23(33)34)12-14-6-4-3-5-7-14/h3-7,15-18H,8-13,24H2,1-2H3,(H,25,30)(H,26,31)(H,27,32)(H,28,29)(H,33,34). The van der Waals surface area contributed by atoms with Crippen LogP contribution in [0.1, 0.15) is 24.8 Å². The van der Waals surface area contributed by atoms with E-state index in [9.17, 15) is 34.2 Å². The van der Waals surface area contributed by atoms with Crippen LogP contribution >= 0.6 is 23.5 Å². The first-order valence-electron chi connectivity index (χ1n) is 11.2. The average Bonchev–Trinajstić information content (AvgIpc) is 2.84. The van der Waals surface area contributed by atoms with Crippen molar-refractivity contribution >= 4 is 53.2 Å². The largest absolute Gasteiger partial charge is 0.481 e. The minimum Gasteiger partial charge on any atom is -0.481 e. The van der Waals surface area contributed by atoms with E-state index >= 15 is 0 Å². The minimum atomic E-state index is -1.55. The fraction of sp³-hybridized carbons (Fsp3) is 0.522. The van der Waals surface area contributed by atoms with Crippen molar-refractivity contribution in [3.05, 3.63) is 35.9 Å². The SMILES string of the molecule is CSCCC(N)C(=O)NC(CCSC)C(=O)NC(CC(=O)O)C(=O)NC(Cc1ccccc1)C(=O)O. The van der Waals surface area contributed by atoms with Gasteiger partial charge in [0, 0.05) is 6.42 Å². The van der Waals surface area contributed by atoms with Crippen molar-refractivity contribution in [2.45, 2.75) is 49.9 Å². The van der Waals surface area contributed by atoms with E-state index in [1.165, 1.54) is 23.5 Å². The van der Waals surface area contributed by atoms with Crippen LogP contribution < -0.4 is 21.7 Å². The van der Waals surface area contributed by atoms with Crippen molar-refractivity contribution < 1.29 is 34.2 Å². The summed E-state index contributed by atoms with van der Waals surface area (Å²) in [5, 5.41) is 26.1. The third-order valence-corrected chi connectivity index (χ3v) is 6.41. The van der Waals surface area contributed by atoms with Gasteiger partial charge in [0.25, 0.3) is 0 Å². The molecule has 4 unspecified atom stereocenters. The maximum Gasteiger partial charge on any atom is 0.326 e. The number of hydrogen-bond acceptors (Lipinski definition) is 8. The number of carbonyl (C=O) groups is 5. The van der Waals surface area contributed by atoms with Crippen LogP contribution in [-0.2, 0) is 30.4 Å². The zero-order chi connectivity index (χ0) is 27.1. The van der Waals surface area contributed by atoms with E-state index in [4.69, 9.17) is 5.73 Å². The Hall–Kier alpha value is -2.77. The number of benzene rings is 1. The van der Waals surface area contributed by atoms with Gasteiger partial charge in [-0.25, -0.2) is 4.79 Å². The molecule has 1 aromatic carbocycles. The van der Waals surface area contributed by atoms with Gasteiger partial charge in [0.15, 0.2) is 0 Å². The molecule has 0 bridgehead atoms. The lowest BCUT2D eigenvalue weighted by atomic mass is 10.0. The number of carboxylic acids is 2. The van der Waals surface area contributed by atoms with Gasteiger partial charge in [-0.2, -0.15) is 23.5 Å². The maximum absolute atomic E-state index is 13.0. The monoisotopic (exact) mass is 542 g/mol. The van der Waals surface area contributed by atoms with Gasteiger partial charge in [0.1, 0.15) is 18.1 Å². The number of aliphatic carboxylic acids is 2. The minimum absolute atomic E-state index is 0.0318. The third kappa shape index (κ3) is 11.8. The van der Waals surface area contributed by atoms with Crippen LogP contribution in [0, 0.1) is 0 Å². The van der Waals surface area contributed by atoms with Gasteiger partial charge in [-0.3, -0.25) is 19.2 Å². The fourth-order valence-electron chi connectivity index (χ4n) is 3.14. The van der Waals surface area contributed by atoms with E-state index in [0.717, 1.165) is 0 Å². The van der Waals surface area contributed by atoms with E-state index in [-0.39, 0.29) is 12.8 Å². The lowest BCUT2D eigenvalue weighted by Crippen LogP contribution is -2.57. The highest BCUT2D eigenvalue weighted by atomic mass is 32.2. The molecule has 11 nitrogen and oxygen atoms in total. The highest BCUT2D eigenvalue weighted by Gasteiger charge is 2.31. The third-order valence-electron chi connectivity index (χ3n) is 5.12. The smallest absolute Gasteiger partial charge is 0.326 e. The Kier molecular flexibility index (Phi) is 14.6. The van der Waals surface area contributed by atoms with Gasteiger partial charge in [0.2, 0.25) is 17.7 Å². The average molecular weight is 543 g/mol. The molecule has 0 fully saturated rings. The molecule has 0 radical (unpaired) electrons. The molecule has 36 heavy (non-hydrogen) atoms. The normalized spacial score (nSPS) is 14.1.